The van der Waals surface area contributed by atoms with E-state index in [1.807, 2.05) is 60.7 Å². The van der Waals surface area contributed by atoms with Crippen molar-refractivity contribution >= 4 is 8.32 Å². The second kappa shape index (κ2) is 15.2. The van der Waals surface area contributed by atoms with Crippen LogP contribution in [0.3, 0.4) is 0 Å². The molecule has 226 valence electrons. The second-order valence-corrected chi connectivity index (χ2v) is 17.4. The fraction of sp³-hybridized carbons (Fsp3) is 0.444. The highest BCUT2D eigenvalue weighted by molar-refractivity contribution is 6.74. The van der Waals surface area contributed by atoms with Crippen LogP contribution in [0.2, 0.25) is 18.1 Å². The molecule has 1 aliphatic rings. The largest absolute Gasteiger partial charge is 0.409 e. The maximum absolute atomic E-state index is 7.13. The van der Waals surface area contributed by atoms with Gasteiger partial charge in [-0.05, 0) is 41.2 Å². The van der Waals surface area contributed by atoms with Gasteiger partial charge in [0.15, 0.2) is 8.32 Å². The quantitative estimate of drug-likeness (QED) is 0.141. The molecule has 5 nitrogen and oxygen atoms in total. The minimum absolute atomic E-state index is 0.0196. The van der Waals surface area contributed by atoms with E-state index in [0.717, 1.165) is 16.7 Å². The zero-order chi connectivity index (χ0) is 30.0. The van der Waals surface area contributed by atoms with E-state index in [2.05, 4.69) is 76.8 Å². The molecule has 1 saturated heterocycles. The fourth-order valence-electron chi connectivity index (χ4n) is 4.93. The standard InChI is InChI=1S/C36H48O5Si/c1-7-17-31-34(41-42(5,6)36(2,3)4)35(39-26-30-22-15-10-16-23-30)33(38-25-29-20-13-9-14-21-29)32(40-31)27-37-24-28-18-11-8-12-19-28/h7-16,18-23,31-35H,1,17,24-27H2,2-6H3/t31-,32-,33-,34+,35+/m1/s1. The Morgan fingerprint density at radius 3 is 1.64 bits per heavy atom. The molecule has 42 heavy (non-hydrogen) atoms. The lowest BCUT2D eigenvalue weighted by Gasteiger charge is -2.50. The van der Waals surface area contributed by atoms with Crippen LogP contribution in [-0.4, -0.2) is 45.4 Å². The molecule has 1 fully saturated rings. The van der Waals surface area contributed by atoms with E-state index in [4.69, 9.17) is 23.4 Å². The first-order valence-electron chi connectivity index (χ1n) is 15.0. The van der Waals surface area contributed by atoms with Gasteiger partial charge in [0.1, 0.15) is 24.4 Å². The Bertz CT molecular complexity index is 1200. The fourth-order valence-corrected chi connectivity index (χ4v) is 6.25. The maximum Gasteiger partial charge on any atom is 0.192 e. The summed E-state index contributed by atoms with van der Waals surface area (Å²) in [6.07, 6.45) is 0.882. The first kappa shape index (κ1) is 32.3. The van der Waals surface area contributed by atoms with Gasteiger partial charge in [0.05, 0.1) is 32.5 Å². The Balaban J connectivity index is 1.65. The predicted molar refractivity (Wildman–Crippen MR) is 172 cm³/mol. The van der Waals surface area contributed by atoms with E-state index in [-0.39, 0.29) is 29.5 Å². The van der Waals surface area contributed by atoms with E-state index in [1.165, 1.54) is 0 Å². The van der Waals surface area contributed by atoms with Gasteiger partial charge in [0, 0.05) is 0 Å². The van der Waals surface area contributed by atoms with Crippen LogP contribution in [0, 0.1) is 0 Å². The van der Waals surface area contributed by atoms with Gasteiger partial charge in [-0.1, -0.05) is 118 Å². The molecular formula is C36H48O5Si. The van der Waals surface area contributed by atoms with Crippen molar-refractivity contribution in [2.45, 2.75) is 95.7 Å². The topological polar surface area (TPSA) is 46.2 Å². The first-order valence-corrected chi connectivity index (χ1v) is 18.0. The third-order valence-corrected chi connectivity index (χ3v) is 12.8. The van der Waals surface area contributed by atoms with Crippen LogP contribution in [0.4, 0.5) is 0 Å². The summed E-state index contributed by atoms with van der Waals surface area (Å²) in [4.78, 5) is 0. The van der Waals surface area contributed by atoms with Gasteiger partial charge in [0.25, 0.3) is 0 Å². The van der Waals surface area contributed by atoms with Gasteiger partial charge in [-0.25, -0.2) is 0 Å². The molecule has 0 aliphatic carbocycles. The third-order valence-electron chi connectivity index (χ3n) is 8.33. The van der Waals surface area contributed by atoms with Crippen LogP contribution in [0.15, 0.2) is 104 Å². The van der Waals surface area contributed by atoms with Crippen LogP contribution in [0.1, 0.15) is 43.9 Å². The molecule has 0 unspecified atom stereocenters. The summed E-state index contributed by atoms with van der Waals surface area (Å²) in [6.45, 7) is 17.1. The molecule has 0 amide bonds. The van der Waals surface area contributed by atoms with Crippen molar-refractivity contribution in [2.75, 3.05) is 6.61 Å². The summed E-state index contributed by atoms with van der Waals surface area (Å²) in [5, 5.41) is 0.0196. The zero-order valence-corrected chi connectivity index (χ0v) is 26.9. The van der Waals surface area contributed by atoms with Crippen molar-refractivity contribution in [3.8, 4) is 0 Å². The Hall–Kier alpha value is -2.58. The highest BCUT2D eigenvalue weighted by atomic mass is 28.4. The van der Waals surface area contributed by atoms with Crippen molar-refractivity contribution in [2.24, 2.45) is 0 Å². The Morgan fingerprint density at radius 1 is 0.690 bits per heavy atom. The monoisotopic (exact) mass is 588 g/mol. The van der Waals surface area contributed by atoms with Gasteiger partial charge in [-0.3, -0.25) is 0 Å². The van der Waals surface area contributed by atoms with Gasteiger partial charge >= 0.3 is 0 Å². The predicted octanol–water partition coefficient (Wildman–Crippen LogP) is 8.11. The molecule has 4 rings (SSSR count). The van der Waals surface area contributed by atoms with Crippen LogP contribution in [0.5, 0.6) is 0 Å². The molecule has 5 atom stereocenters. The molecule has 1 heterocycles. The zero-order valence-electron chi connectivity index (χ0n) is 25.9. The average Bonchev–Trinajstić information content (AvgIpc) is 2.98. The Labute approximate surface area is 253 Å². The van der Waals surface area contributed by atoms with Gasteiger partial charge in [0.2, 0.25) is 0 Å². The molecule has 0 spiro atoms. The summed E-state index contributed by atoms with van der Waals surface area (Å²) < 4.78 is 33.7. The number of hydrogen-bond donors (Lipinski definition) is 0. The highest BCUT2D eigenvalue weighted by Gasteiger charge is 2.51. The maximum atomic E-state index is 7.13. The lowest BCUT2D eigenvalue weighted by atomic mass is 9.93. The molecular weight excluding hydrogens is 540 g/mol. The summed E-state index contributed by atoms with van der Waals surface area (Å²) in [6, 6.07) is 30.7. The molecule has 1 aliphatic heterocycles. The number of ether oxygens (including phenoxy) is 4. The van der Waals surface area contributed by atoms with Crippen molar-refractivity contribution in [1.82, 2.24) is 0 Å². The summed E-state index contributed by atoms with van der Waals surface area (Å²) in [7, 11) is -2.20. The smallest absolute Gasteiger partial charge is 0.192 e. The van der Waals surface area contributed by atoms with Crippen LogP contribution < -0.4 is 0 Å². The number of hydrogen-bond acceptors (Lipinski definition) is 5. The Kier molecular flexibility index (Phi) is 11.7. The number of benzene rings is 3. The van der Waals surface area contributed by atoms with E-state index >= 15 is 0 Å². The van der Waals surface area contributed by atoms with Crippen LogP contribution in [-0.2, 0) is 43.2 Å². The molecule has 0 N–H and O–H groups in total. The van der Waals surface area contributed by atoms with Crippen molar-refractivity contribution in [3.63, 3.8) is 0 Å². The number of rotatable bonds is 14. The molecule has 3 aromatic rings. The Morgan fingerprint density at radius 2 is 1.17 bits per heavy atom. The normalized spacial score (nSPS) is 23.0. The molecule has 0 bridgehead atoms. The third kappa shape index (κ3) is 8.96. The van der Waals surface area contributed by atoms with Crippen molar-refractivity contribution in [3.05, 3.63) is 120 Å². The van der Waals surface area contributed by atoms with Crippen LogP contribution >= 0.6 is 0 Å². The molecule has 0 radical (unpaired) electrons. The first-order chi connectivity index (χ1) is 20.2. The average molecular weight is 589 g/mol. The minimum atomic E-state index is -2.20. The summed E-state index contributed by atoms with van der Waals surface area (Å²) in [5.74, 6) is 0. The minimum Gasteiger partial charge on any atom is -0.409 e. The lowest BCUT2D eigenvalue weighted by Crippen LogP contribution is -2.63. The van der Waals surface area contributed by atoms with Crippen molar-refractivity contribution < 1.29 is 23.4 Å². The van der Waals surface area contributed by atoms with Crippen LogP contribution in [0.25, 0.3) is 0 Å². The second-order valence-electron chi connectivity index (χ2n) is 12.6. The van der Waals surface area contributed by atoms with Gasteiger partial charge in [-0.2, -0.15) is 0 Å². The molecule has 0 saturated carbocycles. The van der Waals surface area contributed by atoms with E-state index < -0.39 is 14.4 Å². The van der Waals surface area contributed by atoms with Gasteiger partial charge < -0.3 is 23.4 Å². The highest BCUT2D eigenvalue weighted by Crippen LogP contribution is 2.41. The van der Waals surface area contributed by atoms with E-state index in [0.29, 0.717) is 32.8 Å². The molecule has 3 aromatic carbocycles. The van der Waals surface area contributed by atoms with E-state index in [9.17, 15) is 0 Å². The van der Waals surface area contributed by atoms with Gasteiger partial charge in [-0.15, -0.1) is 6.58 Å². The van der Waals surface area contributed by atoms with Crippen molar-refractivity contribution in [1.29, 1.82) is 0 Å². The van der Waals surface area contributed by atoms with E-state index in [1.54, 1.807) is 0 Å². The molecule has 0 aromatic heterocycles. The summed E-state index contributed by atoms with van der Waals surface area (Å²) >= 11 is 0. The summed E-state index contributed by atoms with van der Waals surface area (Å²) in [5.41, 5.74) is 3.32. The molecule has 6 heteroatoms. The SMILES string of the molecule is C=CC[C@H]1O[C@H](COCc2ccccc2)[C@@H](OCc2ccccc2)[C@H](OCc2ccccc2)[C@H]1O[Si](C)(C)C(C)(C)C. The lowest BCUT2D eigenvalue weighted by molar-refractivity contribution is -0.257.